The van der Waals surface area contributed by atoms with Gasteiger partial charge in [-0.2, -0.15) is 0 Å². The van der Waals surface area contributed by atoms with Crippen molar-refractivity contribution in [2.75, 3.05) is 6.54 Å². The van der Waals surface area contributed by atoms with Crippen LogP contribution in [0.5, 0.6) is 0 Å². The third-order valence-electron chi connectivity index (χ3n) is 6.50. The number of nitrogens with zero attached hydrogens (tertiary/aromatic N) is 2. The Morgan fingerprint density at radius 1 is 1.30 bits per heavy atom. The van der Waals surface area contributed by atoms with E-state index in [4.69, 9.17) is 0 Å². The number of carbonyl (C=O) groups is 1. The van der Waals surface area contributed by atoms with E-state index in [1.165, 1.54) is 10.4 Å². The lowest BCUT2D eigenvalue weighted by molar-refractivity contribution is -0.140. The van der Waals surface area contributed by atoms with Gasteiger partial charge in [0.2, 0.25) is 5.91 Å². The second-order valence-corrected chi connectivity index (χ2v) is 11.6. The van der Waals surface area contributed by atoms with Crippen molar-refractivity contribution in [3.05, 3.63) is 53.3 Å². The first-order valence-corrected chi connectivity index (χ1v) is 12.8. The van der Waals surface area contributed by atoms with Crippen molar-refractivity contribution in [3.8, 4) is 10.4 Å². The van der Waals surface area contributed by atoms with E-state index in [-0.39, 0.29) is 23.3 Å². The number of hydrogen-bond donors (Lipinski definition) is 2. The lowest BCUT2D eigenvalue weighted by Gasteiger charge is -2.36. The Balaban J connectivity index is 1.66. The molecule has 2 aromatic rings. The van der Waals surface area contributed by atoms with Gasteiger partial charge >= 0.3 is 0 Å². The summed E-state index contributed by atoms with van der Waals surface area (Å²) in [5, 5.41) is 13.8. The molecule has 0 radical (unpaired) electrons. The van der Waals surface area contributed by atoms with Gasteiger partial charge in [-0.1, -0.05) is 65.5 Å². The Morgan fingerprint density at radius 2 is 1.97 bits per heavy atom. The van der Waals surface area contributed by atoms with Crippen LogP contribution in [0.3, 0.4) is 0 Å². The fourth-order valence-electron chi connectivity index (χ4n) is 4.57. The number of aliphatic hydroxyl groups is 1. The number of thiazole rings is 1. The number of nitrogens with one attached hydrogen (secondary N) is 1. The molecule has 2 N–H and O–H groups in total. The normalized spacial score (nSPS) is 19.7. The molecule has 0 saturated carbocycles. The van der Waals surface area contributed by atoms with Crippen LogP contribution in [0, 0.1) is 24.2 Å². The Labute approximate surface area is 202 Å². The Morgan fingerprint density at radius 3 is 2.52 bits per heavy atom. The zero-order valence-corrected chi connectivity index (χ0v) is 21.7. The first kappa shape index (κ1) is 25.4. The van der Waals surface area contributed by atoms with Crippen LogP contribution in [0.25, 0.3) is 10.4 Å². The number of aryl methyl sites for hydroxylation is 1. The summed E-state index contributed by atoms with van der Waals surface area (Å²) in [5.41, 5.74) is 5.90. The first-order chi connectivity index (χ1) is 15.5. The van der Waals surface area contributed by atoms with Gasteiger partial charge in [0.25, 0.3) is 0 Å². The van der Waals surface area contributed by atoms with E-state index in [2.05, 4.69) is 75.8 Å². The third-order valence-corrected chi connectivity index (χ3v) is 7.47. The van der Waals surface area contributed by atoms with Gasteiger partial charge in [-0.15, -0.1) is 11.3 Å². The fourth-order valence-corrected chi connectivity index (χ4v) is 5.38. The highest BCUT2D eigenvalue weighted by atomic mass is 32.1. The van der Waals surface area contributed by atoms with Crippen LogP contribution in [-0.4, -0.2) is 39.6 Å². The molecular weight excluding hydrogens is 430 g/mol. The van der Waals surface area contributed by atoms with Gasteiger partial charge in [-0.05, 0) is 35.8 Å². The average molecular weight is 470 g/mol. The molecule has 0 unspecified atom stereocenters. The van der Waals surface area contributed by atoms with Crippen molar-refractivity contribution in [1.82, 2.24) is 15.2 Å². The van der Waals surface area contributed by atoms with E-state index in [1.54, 1.807) is 11.3 Å². The summed E-state index contributed by atoms with van der Waals surface area (Å²) < 4.78 is 0. The van der Waals surface area contributed by atoms with Crippen LogP contribution in [0.4, 0.5) is 0 Å². The highest BCUT2D eigenvalue weighted by molar-refractivity contribution is 7.13. The summed E-state index contributed by atoms with van der Waals surface area (Å²) >= 11 is 1.65. The van der Waals surface area contributed by atoms with Gasteiger partial charge in [0.1, 0.15) is 0 Å². The van der Waals surface area contributed by atoms with Crippen molar-refractivity contribution < 1.29 is 9.90 Å². The number of likely N-dealkylation sites (tertiary alicyclic amines) is 1. The highest BCUT2D eigenvalue weighted by Crippen LogP contribution is 2.36. The SMILES string of the molecule is C=C(NCc1ccc(-c2scnc2C)cc1)[C@@H]1C[C@@H](O)CN1C(=O)[C@H](CC(C)C)C(C)(C)C. The summed E-state index contributed by atoms with van der Waals surface area (Å²) in [7, 11) is 0. The molecule has 1 fully saturated rings. The minimum atomic E-state index is -0.515. The maximum atomic E-state index is 13.6. The largest absolute Gasteiger partial charge is 0.391 e. The van der Waals surface area contributed by atoms with E-state index < -0.39 is 6.10 Å². The molecule has 180 valence electrons. The molecule has 0 bridgehead atoms. The topological polar surface area (TPSA) is 65.5 Å². The third kappa shape index (κ3) is 6.24. The number of rotatable bonds is 8. The number of β-amino-alcohol motifs (C(OH)–C–C–N with tert-alkyl or cyclic N) is 1. The summed E-state index contributed by atoms with van der Waals surface area (Å²) in [6, 6.07) is 8.27. The van der Waals surface area contributed by atoms with Crippen molar-refractivity contribution in [3.63, 3.8) is 0 Å². The quantitative estimate of drug-likeness (QED) is 0.544. The fraction of sp³-hybridized carbons (Fsp3) is 0.556. The summed E-state index contributed by atoms with van der Waals surface area (Å²) in [4.78, 5) is 21.0. The van der Waals surface area contributed by atoms with Gasteiger partial charge in [-0.3, -0.25) is 4.79 Å². The molecule has 6 heteroatoms. The smallest absolute Gasteiger partial charge is 0.226 e. The highest BCUT2D eigenvalue weighted by Gasteiger charge is 2.42. The van der Waals surface area contributed by atoms with Gasteiger partial charge in [0.15, 0.2) is 0 Å². The molecule has 1 aliphatic rings. The standard InChI is InChI=1S/C27H39N3O2S/c1-17(2)12-23(27(5,6)7)26(32)30-15-22(31)13-24(30)18(3)28-14-20-8-10-21(11-9-20)25-19(4)29-16-33-25/h8-11,16-17,22-24,28,31H,3,12-15H2,1-2,4-7H3/t22-,23+,24+/m1/s1. The van der Waals surface area contributed by atoms with E-state index in [0.717, 1.165) is 23.4 Å². The predicted molar refractivity (Wildman–Crippen MR) is 137 cm³/mol. The lowest BCUT2D eigenvalue weighted by Crippen LogP contribution is -2.46. The van der Waals surface area contributed by atoms with Crippen molar-refractivity contribution in [2.45, 2.75) is 73.1 Å². The number of aliphatic hydroxyl groups excluding tert-OH is 1. The zero-order valence-electron chi connectivity index (χ0n) is 20.9. The van der Waals surface area contributed by atoms with Crippen molar-refractivity contribution in [1.29, 1.82) is 0 Å². The van der Waals surface area contributed by atoms with Gasteiger partial charge in [0, 0.05) is 31.1 Å². The average Bonchev–Trinajstić information content (AvgIpc) is 3.35. The number of aromatic nitrogens is 1. The summed E-state index contributed by atoms with van der Waals surface area (Å²) in [6.45, 7) is 18.0. The summed E-state index contributed by atoms with van der Waals surface area (Å²) in [5.74, 6) is 0.480. The molecule has 1 amide bonds. The maximum Gasteiger partial charge on any atom is 0.226 e. The molecule has 1 aromatic heterocycles. The van der Waals surface area contributed by atoms with Gasteiger partial charge in [0.05, 0.1) is 28.2 Å². The first-order valence-electron chi connectivity index (χ1n) is 11.9. The maximum absolute atomic E-state index is 13.6. The van der Waals surface area contributed by atoms with Crippen LogP contribution in [-0.2, 0) is 11.3 Å². The Bertz CT molecular complexity index is 958. The number of carbonyl (C=O) groups excluding carboxylic acids is 1. The molecule has 5 nitrogen and oxygen atoms in total. The Hall–Kier alpha value is -2.18. The summed E-state index contributed by atoms with van der Waals surface area (Å²) in [6.07, 6.45) is 0.853. The molecule has 1 aliphatic heterocycles. The molecule has 0 aliphatic carbocycles. The molecule has 1 saturated heterocycles. The molecule has 2 heterocycles. The van der Waals surface area contributed by atoms with Crippen LogP contribution < -0.4 is 5.32 Å². The van der Waals surface area contributed by atoms with Crippen molar-refractivity contribution >= 4 is 17.2 Å². The van der Waals surface area contributed by atoms with E-state index >= 15 is 0 Å². The number of hydrogen-bond acceptors (Lipinski definition) is 5. The lowest BCUT2D eigenvalue weighted by atomic mass is 9.75. The minimum Gasteiger partial charge on any atom is -0.391 e. The second kappa shape index (κ2) is 10.4. The van der Waals surface area contributed by atoms with Gasteiger partial charge in [-0.25, -0.2) is 4.98 Å². The monoisotopic (exact) mass is 469 g/mol. The minimum absolute atomic E-state index is 0.0826. The van der Waals surface area contributed by atoms with E-state index in [9.17, 15) is 9.90 Å². The molecule has 3 rings (SSSR count). The van der Waals surface area contributed by atoms with Crippen LogP contribution in [0.1, 0.15) is 58.7 Å². The van der Waals surface area contributed by atoms with Crippen LogP contribution in [0.15, 0.2) is 42.1 Å². The predicted octanol–water partition coefficient (Wildman–Crippen LogP) is 5.39. The van der Waals surface area contributed by atoms with Crippen molar-refractivity contribution in [2.24, 2.45) is 17.3 Å². The van der Waals surface area contributed by atoms with Crippen LogP contribution in [0.2, 0.25) is 0 Å². The zero-order chi connectivity index (χ0) is 24.3. The molecule has 0 spiro atoms. The second-order valence-electron chi connectivity index (χ2n) is 10.8. The molecule has 33 heavy (non-hydrogen) atoms. The molecule has 3 atom stereocenters. The number of amides is 1. The van der Waals surface area contributed by atoms with Gasteiger partial charge < -0.3 is 15.3 Å². The van der Waals surface area contributed by atoms with E-state index in [1.807, 2.05) is 17.3 Å². The van der Waals surface area contributed by atoms with Crippen LogP contribution >= 0.6 is 11.3 Å². The van der Waals surface area contributed by atoms with E-state index in [0.29, 0.717) is 25.4 Å². The Kier molecular flexibility index (Phi) is 8.01. The molecule has 1 aromatic carbocycles. The number of benzene rings is 1. The molecular formula is C27H39N3O2S.